The molecule has 6 nitrogen and oxygen atoms in total. The number of benzene rings is 1. The molecule has 2 aliphatic heterocycles. The van der Waals surface area contributed by atoms with Crippen molar-refractivity contribution in [1.82, 2.24) is 9.80 Å². The molecule has 0 radical (unpaired) electrons. The largest absolute Gasteiger partial charge is 0.337 e. The van der Waals surface area contributed by atoms with Crippen LogP contribution in [0.5, 0.6) is 0 Å². The molecule has 3 rings (SSSR count). The third-order valence-electron chi connectivity index (χ3n) is 3.77. The van der Waals surface area contributed by atoms with Crippen molar-refractivity contribution in [1.29, 1.82) is 0 Å². The summed E-state index contributed by atoms with van der Waals surface area (Å²) >= 11 is 3.38. The van der Waals surface area contributed by atoms with E-state index >= 15 is 0 Å². The maximum absolute atomic E-state index is 12.7. The van der Waals surface area contributed by atoms with Crippen LogP contribution in [0.3, 0.4) is 0 Å². The summed E-state index contributed by atoms with van der Waals surface area (Å²) in [5, 5.41) is 0. The van der Waals surface area contributed by atoms with Gasteiger partial charge in [0.25, 0.3) is 15.9 Å². The lowest BCUT2D eigenvalue weighted by Gasteiger charge is -2.30. The third kappa shape index (κ3) is 3.59. The first-order valence-corrected chi connectivity index (χ1v) is 9.74. The van der Waals surface area contributed by atoms with Gasteiger partial charge in [0.05, 0.1) is 11.3 Å². The van der Waals surface area contributed by atoms with Gasteiger partial charge in [0, 0.05) is 30.8 Å². The highest BCUT2D eigenvalue weighted by Gasteiger charge is 2.31. The molecule has 0 aliphatic carbocycles. The number of hydrogen-bond acceptors (Lipinski definition) is 4. The van der Waals surface area contributed by atoms with Crippen LogP contribution in [0.25, 0.3) is 0 Å². The highest BCUT2D eigenvalue weighted by molar-refractivity contribution is 9.10. The van der Waals surface area contributed by atoms with Crippen molar-refractivity contribution in [3.8, 4) is 0 Å². The molecule has 0 aromatic heterocycles. The number of nitrogens with zero attached hydrogens (tertiary/aromatic N) is 3. The summed E-state index contributed by atoms with van der Waals surface area (Å²) in [5.74, 6) is -0.101. The van der Waals surface area contributed by atoms with Crippen LogP contribution in [0, 0.1) is 0 Å². The fourth-order valence-corrected chi connectivity index (χ4v) is 3.77. The first-order valence-electron chi connectivity index (χ1n) is 7.34. The van der Waals surface area contributed by atoms with E-state index in [1.165, 1.54) is 0 Å². The molecule has 1 aromatic rings. The number of amidine groups is 1. The predicted molar refractivity (Wildman–Crippen MR) is 95.8 cm³/mol. The maximum Gasteiger partial charge on any atom is 0.257 e. The minimum absolute atomic E-state index is 0.0446. The van der Waals surface area contributed by atoms with Gasteiger partial charge >= 0.3 is 0 Å². The predicted octanol–water partition coefficient (Wildman–Crippen LogP) is 1.91. The standard InChI is InChI=1S/C16H16BrN3O3S/c1-19(11-12-4-6-13(17)7-5-12)16(21)14-3-2-8-20-9-10-24(22,23)18-15(14)20/h2-8H,9-11H2,1H3. The molecule has 8 heteroatoms. The van der Waals surface area contributed by atoms with Gasteiger partial charge < -0.3 is 9.80 Å². The first-order chi connectivity index (χ1) is 11.4. The molecule has 0 saturated carbocycles. The lowest BCUT2D eigenvalue weighted by molar-refractivity contribution is -0.125. The normalized spacial score (nSPS) is 18.5. The van der Waals surface area contributed by atoms with Crippen molar-refractivity contribution in [2.45, 2.75) is 6.54 Å². The van der Waals surface area contributed by atoms with Crippen LogP contribution in [0.15, 0.2) is 57.1 Å². The van der Waals surface area contributed by atoms with Gasteiger partial charge in [-0.3, -0.25) is 4.79 Å². The van der Waals surface area contributed by atoms with Crippen LogP contribution in [0.4, 0.5) is 0 Å². The lowest BCUT2D eigenvalue weighted by Crippen LogP contribution is -2.42. The summed E-state index contributed by atoms with van der Waals surface area (Å²) in [4.78, 5) is 16.0. The molecule has 1 amide bonds. The van der Waals surface area contributed by atoms with Crippen molar-refractivity contribution in [3.05, 3.63) is 58.2 Å². The fraction of sp³-hybridized carbons (Fsp3) is 0.250. The molecule has 1 aromatic carbocycles. The minimum atomic E-state index is -3.51. The molecule has 0 fully saturated rings. The quantitative estimate of drug-likeness (QED) is 0.764. The van der Waals surface area contributed by atoms with Crippen molar-refractivity contribution in [2.24, 2.45) is 4.40 Å². The van der Waals surface area contributed by atoms with E-state index in [1.54, 1.807) is 35.2 Å². The molecule has 0 bridgehead atoms. The summed E-state index contributed by atoms with van der Waals surface area (Å²) in [7, 11) is -1.83. The number of fused-ring (bicyclic) bond motifs is 1. The molecule has 2 aliphatic rings. The van der Waals surface area contributed by atoms with Gasteiger partial charge in [-0.2, -0.15) is 0 Å². The molecule has 24 heavy (non-hydrogen) atoms. The Bertz CT molecular complexity index is 857. The van der Waals surface area contributed by atoms with Gasteiger partial charge in [-0.25, -0.2) is 8.42 Å². The second kappa shape index (κ2) is 6.52. The topological polar surface area (TPSA) is 70.1 Å². The number of hydrogen-bond donors (Lipinski definition) is 0. The van der Waals surface area contributed by atoms with Gasteiger partial charge in [0.15, 0.2) is 5.84 Å². The number of rotatable bonds is 3. The van der Waals surface area contributed by atoms with Crippen molar-refractivity contribution < 1.29 is 13.2 Å². The number of halogens is 1. The monoisotopic (exact) mass is 409 g/mol. The second-order valence-electron chi connectivity index (χ2n) is 5.60. The van der Waals surface area contributed by atoms with E-state index in [0.717, 1.165) is 10.0 Å². The van der Waals surface area contributed by atoms with Crippen molar-refractivity contribution in [3.63, 3.8) is 0 Å². The van der Waals surface area contributed by atoms with Gasteiger partial charge in [-0.15, -0.1) is 4.40 Å². The molecule has 0 atom stereocenters. The summed E-state index contributed by atoms with van der Waals surface area (Å²) in [5.41, 5.74) is 1.27. The Balaban J connectivity index is 1.83. The van der Waals surface area contributed by atoms with E-state index in [4.69, 9.17) is 0 Å². The molecule has 0 unspecified atom stereocenters. The average Bonchev–Trinajstić information content (AvgIpc) is 2.55. The van der Waals surface area contributed by atoms with Crippen LogP contribution >= 0.6 is 15.9 Å². The Morgan fingerprint density at radius 2 is 2.04 bits per heavy atom. The van der Waals surface area contributed by atoms with E-state index in [0.29, 0.717) is 18.7 Å². The molecule has 0 spiro atoms. The van der Waals surface area contributed by atoms with E-state index in [-0.39, 0.29) is 17.5 Å². The van der Waals surface area contributed by atoms with E-state index in [2.05, 4.69) is 20.3 Å². The van der Waals surface area contributed by atoms with E-state index in [1.807, 2.05) is 24.3 Å². The molecule has 0 N–H and O–H groups in total. The van der Waals surface area contributed by atoms with Gasteiger partial charge in [-0.1, -0.05) is 28.1 Å². The van der Waals surface area contributed by atoms with Crippen LogP contribution in [0.2, 0.25) is 0 Å². The molecule has 126 valence electrons. The Morgan fingerprint density at radius 1 is 1.33 bits per heavy atom. The fourth-order valence-electron chi connectivity index (χ4n) is 2.52. The van der Waals surface area contributed by atoms with Crippen LogP contribution in [-0.4, -0.2) is 49.3 Å². The van der Waals surface area contributed by atoms with Gasteiger partial charge in [-0.05, 0) is 29.8 Å². The summed E-state index contributed by atoms with van der Waals surface area (Å²) in [6.45, 7) is 0.728. The Morgan fingerprint density at radius 3 is 2.75 bits per heavy atom. The van der Waals surface area contributed by atoms with Crippen LogP contribution in [-0.2, 0) is 21.4 Å². The highest BCUT2D eigenvalue weighted by atomic mass is 79.9. The number of allylic oxidation sites excluding steroid dienone is 2. The number of likely N-dealkylation sites (N-methyl/N-ethyl adjacent to an activating group) is 1. The van der Waals surface area contributed by atoms with Crippen LogP contribution in [0.1, 0.15) is 5.56 Å². The molecular formula is C16H16BrN3O3S. The third-order valence-corrected chi connectivity index (χ3v) is 5.45. The summed E-state index contributed by atoms with van der Waals surface area (Å²) in [6, 6.07) is 7.68. The zero-order valence-corrected chi connectivity index (χ0v) is 15.4. The zero-order chi connectivity index (χ0) is 17.3. The Labute approximate surface area is 149 Å². The summed E-state index contributed by atoms with van der Waals surface area (Å²) in [6.07, 6.45) is 5.08. The van der Waals surface area contributed by atoms with Crippen LogP contribution < -0.4 is 0 Å². The highest BCUT2D eigenvalue weighted by Crippen LogP contribution is 2.20. The first kappa shape index (κ1) is 16.9. The minimum Gasteiger partial charge on any atom is -0.337 e. The van der Waals surface area contributed by atoms with Gasteiger partial charge in [0.2, 0.25) is 0 Å². The lowest BCUT2D eigenvalue weighted by atomic mass is 10.1. The van der Waals surface area contributed by atoms with Crippen molar-refractivity contribution in [2.75, 3.05) is 19.3 Å². The number of carbonyl (C=O) groups excluding carboxylic acids is 1. The Hall–Kier alpha value is -1.93. The molecule has 0 saturated heterocycles. The average molecular weight is 410 g/mol. The van der Waals surface area contributed by atoms with E-state index in [9.17, 15) is 13.2 Å². The second-order valence-corrected chi connectivity index (χ2v) is 8.27. The SMILES string of the molecule is CN(Cc1ccc(Br)cc1)C(=O)C1=CC=CN2CCS(=O)(=O)N=C12. The van der Waals surface area contributed by atoms with Gasteiger partial charge in [0.1, 0.15) is 0 Å². The summed E-state index contributed by atoms with van der Waals surface area (Å²) < 4.78 is 28.3. The zero-order valence-electron chi connectivity index (χ0n) is 13.0. The van der Waals surface area contributed by atoms with E-state index < -0.39 is 10.0 Å². The maximum atomic E-state index is 12.7. The number of sulfonamides is 1. The van der Waals surface area contributed by atoms with Crippen molar-refractivity contribution >= 4 is 37.7 Å². The number of carbonyl (C=O) groups is 1. The molecule has 2 heterocycles. The molecular weight excluding hydrogens is 394 g/mol. The number of amides is 1. The Kier molecular flexibility index (Phi) is 4.60. The smallest absolute Gasteiger partial charge is 0.257 e.